The number of halogens is 2. The highest BCUT2D eigenvalue weighted by Gasteiger charge is 2.17. The third kappa shape index (κ3) is 2.46. The Kier molecular flexibility index (Phi) is 3.04. The summed E-state index contributed by atoms with van der Waals surface area (Å²) in [6.07, 6.45) is 3.87. The molecule has 0 radical (unpaired) electrons. The molecule has 14 heavy (non-hydrogen) atoms. The number of rotatable bonds is 3. The predicted octanol–water partition coefficient (Wildman–Crippen LogP) is 3.55. The van der Waals surface area contributed by atoms with Crippen molar-refractivity contribution in [3.05, 3.63) is 34.6 Å². The summed E-state index contributed by atoms with van der Waals surface area (Å²) in [6.45, 7) is 0.460. The molecule has 0 unspecified atom stereocenters. The Hall–Kier alpha value is -0.600. The van der Waals surface area contributed by atoms with Crippen molar-refractivity contribution in [3.8, 4) is 0 Å². The van der Waals surface area contributed by atoms with E-state index in [4.69, 9.17) is 16.3 Å². The molecule has 0 bridgehead atoms. The first-order valence-electron chi connectivity index (χ1n) is 4.80. The summed E-state index contributed by atoms with van der Waals surface area (Å²) in [5.41, 5.74) is 0.807. The molecule has 1 aromatic carbocycles. The van der Waals surface area contributed by atoms with E-state index in [-0.39, 0.29) is 5.82 Å². The average Bonchev–Trinajstić information content (AvgIpc) is 1.99. The molecular weight excluding hydrogens is 203 g/mol. The van der Waals surface area contributed by atoms with Gasteiger partial charge >= 0.3 is 0 Å². The Labute approximate surface area is 87.8 Å². The lowest BCUT2D eigenvalue weighted by Crippen LogP contribution is -2.21. The molecule has 0 spiro atoms. The molecule has 1 aliphatic carbocycles. The molecule has 0 heterocycles. The van der Waals surface area contributed by atoms with Crippen LogP contribution >= 0.6 is 11.6 Å². The van der Waals surface area contributed by atoms with Gasteiger partial charge in [0, 0.05) is 5.02 Å². The van der Waals surface area contributed by atoms with Gasteiger partial charge in [0.1, 0.15) is 5.82 Å². The lowest BCUT2D eigenvalue weighted by molar-refractivity contribution is -0.00874. The topological polar surface area (TPSA) is 9.23 Å². The Bertz CT molecular complexity index is 303. The van der Waals surface area contributed by atoms with E-state index >= 15 is 0 Å². The molecule has 0 N–H and O–H groups in total. The van der Waals surface area contributed by atoms with Gasteiger partial charge in [-0.15, -0.1) is 0 Å². The highest BCUT2D eigenvalue weighted by molar-refractivity contribution is 6.30. The van der Waals surface area contributed by atoms with E-state index in [0.717, 1.165) is 18.4 Å². The SMILES string of the molecule is Fc1cc(Cl)cc(COC2CCC2)c1. The Morgan fingerprint density at radius 2 is 2.14 bits per heavy atom. The van der Waals surface area contributed by atoms with Crippen molar-refractivity contribution in [3.63, 3.8) is 0 Å². The van der Waals surface area contributed by atoms with Crippen molar-refractivity contribution < 1.29 is 9.13 Å². The fourth-order valence-electron chi connectivity index (χ4n) is 1.45. The minimum absolute atomic E-state index is 0.301. The summed E-state index contributed by atoms with van der Waals surface area (Å²) in [5, 5.41) is 0.428. The summed E-state index contributed by atoms with van der Waals surface area (Å²) in [5.74, 6) is -0.301. The molecule has 0 atom stereocenters. The zero-order valence-electron chi connectivity index (χ0n) is 7.80. The summed E-state index contributed by atoms with van der Waals surface area (Å²) >= 11 is 5.72. The van der Waals surface area contributed by atoms with E-state index in [1.165, 1.54) is 18.6 Å². The van der Waals surface area contributed by atoms with Crippen LogP contribution in [0.5, 0.6) is 0 Å². The molecule has 0 aromatic heterocycles. The Morgan fingerprint density at radius 1 is 1.36 bits per heavy atom. The predicted molar refractivity (Wildman–Crippen MR) is 53.8 cm³/mol. The van der Waals surface area contributed by atoms with Crippen LogP contribution in [0.4, 0.5) is 4.39 Å². The van der Waals surface area contributed by atoms with Crippen LogP contribution < -0.4 is 0 Å². The fraction of sp³-hybridized carbons (Fsp3) is 0.455. The normalized spacial score (nSPS) is 16.7. The number of hydrogen-bond donors (Lipinski definition) is 0. The second kappa shape index (κ2) is 4.28. The molecule has 0 amide bonds. The first-order valence-corrected chi connectivity index (χ1v) is 5.18. The number of benzene rings is 1. The molecule has 76 valence electrons. The summed E-state index contributed by atoms with van der Waals surface area (Å²) in [6, 6.07) is 4.50. The van der Waals surface area contributed by atoms with Gasteiger partial charge in [-0.2, -0.15) is 0 Å². The average molecular weight is 215 g/mol. The maximum Gasteiger partial charge on any atom is 0.125 e. The van der Waals surface area contributed by atoms with Gasteiger partial charge in [0.05, 0.1) is 12.7 Å². The van der Waals surface area contributed by atoms with Crippen LogP contribution in [0.25, 0.3) is 0 Å². The quantitative estimate of drug-likeness (QED) is 0.748. The van der Waals surface area contributed by atoms with Crippen molar-refractivity contribution in [2.75, 3.05) is 0 Å². The van der Waals surface area contributed by atoms with Crippen molar-refractivity contribution in [1.82, 2.24) is 0 Å². The van der Waals surface area contributed by atoms with E-state index in [1.54, 1.807) is 6.07 Å². The minimum atomic E-state index is -0.301. The van der Waals surface area contributed by atoms with Gasteiger partial charge in [-0.25, -0.2) is 4.39 Å². The molecule has 2 rings (SSSR count). The summed E-state index contributed by atoms with van der Waals surface area (Å²) in [4.78, 5) is 0. The molecule has 3 heteroatoms. The van der Waals surface area contributed by atoms with Crippen LogP contribution in [0, 0.1) is 5.82 Å². The van der Waals surface area contributed by atoms with Gasteiger partial charge in [0.25, 0.3) is 0 Å². The van der Waals surface area contributed by atoms with E-state index in [1.807, 2.05) is 0 Å². The van der Waals surface area contributed by atoms with E-state index in [2.05, 4.69) is 0 Å². The first-order chi connectivity index (χ1) is 6.74. The van der Waals surface area contributed by atoms with Gasteiger partial charge in [0.15, 0.2) is 0 Å². The van der Waals surface area contributed by atoms with Gasteiger partial charge < -0.3 is 4.74 Å². The zero-order chi connectivity index (χ0) is 9.97. The number of hydrogen-bond acceptors (Lipinski definition) is 1. The Balaban J connectivity index is 1.94. The standard InChI is InChI=1S/C11H12ClFO/c12-9-4-8(5-10(13)6-9)7-14-11-2-1-3-11/h4-6,11H,1-3,7H2. The monoisotopic (exact) mass is 214 g/mol. The maximum atomic E-state index is 12.9. The van der Waals surface area contributed by atoms with Crippen LogP contribution in [-0.4, -0.2) is 6.10 Å². The highest BCUT2D eigenvalue weighted by atomic mass is 35.5. The van der Waals surface area contributed by atoms with E-state index in [0.29, 0.717) is 17.7 Å². The first kappa shape index (κ1) is 9.94. The third-order valence-corrected chi connectivity index (χ3v) is 2.68. The molecule has 0 aliphatic heterocycles. The highest BCUT2D eigenvalue weighted by Crippen LogP contribution is 2.23. The van der Waals surface area contributed by atoms with Crippen LogP contribution in [0.1, 0.15) is 24.8 Å². The summed E-state index contributed by atoms with van der Waals surface area (Å²) in [7, 11) is 0. The maximum absolute atomic E-state index is 12.9. The van der Waals surface area contributed by atoms with Crippen molar-refractivity contribution >= 4 is 11.6 Å². The molecule has 1 aliphatic rings. The van der Waals surface area contributed by atoms with Gasteiger partial charge in [-0.3, -0.25) is 0 Å². The second-order valence-corrected chi connectivity index (χ2v) is 4.08. The fourth-order valence-corrected chi connectivity index (χ4v) is 1.69. The van der Waals surface area contributed by atoms with Gasteiger partial charge in [-0.05, 0) is 43.0 Å². The third-order valence-electron chi connectivity index (χ3n) is 2.46. The lowest BCUT2D eigenvalue weighted by Gasteiger charge is -2.25. The second-order valence-electron chi connectivity index (χ2n) is 3.64. The van der Waals surface area contributed by atoms with E-state index < -0.39 is 0 Å². The molecule has 0 saturated heterocycles. The molecular formula is C11H12ClFO. The Morgan fingerprint density at radius 3 is 2.71 bits per heavy atom. The van der Waals surface area contributed by atoms with Crippen LogP contribution in [-0.2, 0) is 11.3 Å². The smallest absolute Gasteiger partial charge is 0.125 e. The van der Waals surface area contributed by atoms with Crippen molar-refractivity contribution in [2.24, 2.45) is 0 Å². The van der Waals surface area contributed by atoms with Gasteiger partial charge in [0.2, 0.25) is 0 Å². The molecule has 1 fully saturated rings. The van der Waals surface area contributed by atoms with Crippen LogP contribution in [0.2, 0.25) is 5.02 Å². The summed E-state index contributed by atoms with van der Waals surface area (Å²) < 4.78 is 18.5. The van der Waals surface area contributed by atoms with Crippen LogP contribution in [0.15, 0.2) is 18.2 Å². The lowest BCUT2D eigenvalue weighted by atomic mass is 9.96. The largest absolute Gasteiger partial charge is 0.374 e. The minimum Gasteiger partial charge on any atom is -0.374 e. The molecule has 1 aromatic rings. The molecule has 1 saturated carbocycles. The van der Waals surface area contributed by atoms with E-state index in [9.17, 15) is 4.39 Å². The molecule has 1 nitrogen and oxygen atoms in total. The van der Waals surface area contributed by atoms with Crippen LogP contribution in [0.3, 0.4) is 0 Å². The zero-order valence-corrected chi connectivity index (χ0v) is 8.56. The van der Waals surface area contributed by atoms with Gasteiger partial charge in [-0.1, -0.05) is 11.6 Å². The number of ether oxygens (including phenoxy) is 1. The van der Waals surface area contributed by atoms with Crippen molar-refractivity contribution in [2.45, 2.75) is 32.0 Å². The van der Waals surface area contributed by atoms with Crippen molar-refractivity contribution in [1.29, 1.82) is 0 Å².